The van der Waals surface area contributed by atoms with E-state index in [4.69, 9.17) is 14.3 Å². The van der Waals surface area contributed by atoms with Crippen LogP contribution in [0.1, 0.15) is 47.4 Å². The summed E-state index contributed by atoms with van der Waals surface area (Å²) in [6.45, 7) is 1.64. The van der Waals surface area contributed by atoms with E-state index in [1.54, 1.807) is 13.0 Å². The molecule has 138 valence electrons. The van der Waals surface area contributed by atoms with Crippen LogP contribution in [0.3, 0.4) is 0 Å². The number of anilines is 1. The van der Waals surface area contributed by atoms with Gasteiger partial charge in [0.25, 0.3) is 5.91 Å². The topological polar surface area (TPSA) is 88.8 Å². The molecule has 1 aliphatic carbocycles. The first-order valence-electron chi connectivity index (χ1n) is 8.50. The second-order valence-corrected chi connectivity index (χ2v) is 6.41. The Hall–Kier alpha value is -2.83. The number of hydrogen-bond donors (Lipinski definition) is 2. The summed E-state index contributed by atoms with van der Waals surface area (Å²) in [4.78, 5) is 23.3. The van der Waals surface area contributed by atoms with E-state index in [0.29, 0.717) is 5.56 Å². The van der Waals surface area contributed by atoms with Gasteiger partial charge in [-0.3, -0.25) is 9.59 Å². The molecule has 0 radical (unpaired) electrons. The Kier molecular flexibility index (Phi) is 5.25. The lowest BCUT2D eigenvalue weighted by Gasteiger charge is -2.14. The number of carboxylic acids is 1. The number of carbonyl (C=O) groups excluding carboxylic acids is 1. The molecule has 1 aliphatic rings. The van der Waals surface area contributed by atoms with Crippen molar-refractivity contribution in [2.75, 3.05) is 5.32 Å². The van der Waals surface area contributed by atoms with Crippen LogP contribution < -0.4 is 10.1 Å². The normalized spacial score (nSPS) is 14.4. The van der Waals surface area contributed by atoms with E-state index in [-0.39, 0.29) is 28.9 Å². The molecule has 3 rings (SSSR count). The monoisotopic (exact) mass is 361 g/mol. The van der Waals surface area contributed by atoms with Crippen molar-refractivity contribution in [1.82, 2.24) is 0 Å². The molecule has 1 aromatic heterocycles. The van der Waals surface area contributed by atoms with Gasteiger partial charge in [0.15, 0.2) is 11.6 Å². The molecule has 0 saturated heterocycles. The van der Waals surface area contributed by atoms with E-state index in [1.807, 2.05) is 0 Å². The van der Waals surface area contributed by atoms with Crippen molar-refractivity contribution in [3.05, 3.63) is 47.2 Å². The summed E-state index contributed by atoms with van der Waals surface area (Å²) >= 11 is 0. The summed E-state index contributed by atoms with van der Waals surface area (Å²) < 4.78 is 25.1. The number of carboxylic acid groups (broad SMARTS) is 1. The highest BCUT2D eigenvalue weighted by Crippen LogP contribution is 2.28. The number of halogens is 1. The average Bonchev–Trinajstić information content (AvgIpc) is 3.19. The zero-order valence-corrected chi connectivity index (χ0v) is 14.4. The molecule has 2 aromatic rings. The second kappa shape index (κ2) is 7.59. The summed E-state index contributed by atoms with van der Waals surface area (Å²) in [6, 6.07) is 4.23. The number of hydrogen-bond acceptors (Lipinski definition) is 4. The molecule has 7 heteroatoms. The third-order valence-corrected chi connectivity index (χ3v) is 4.38. The van der Waals surface area contributed by atoms with Crippen molar-refractivity contribution < 1.29 is 28.2 Å². The number of benzene rings is 1. The number of nitrogens with one attached hydrogen (secondary N) is 1. The largest absolute Gasteiger partial charge is 0.487 e. The molecule has 0 bridgehead atoms. The van der Waals surface area contributed by atoms with E-state index in [9.17, 15) is 14.0 Å². The summed E-state index contributed by atoms with van der Waals surface area (Å²) in [6.07, 6.45) is 4.98. The maximum atomic E-state index is 14.3. The average molecular weight is 361 g/mol. The lowest BCUT2D eigenvalue weighted by molar-refractivity contribution is -0.136. The molecule has 0 aliphatic heterocycles. The third-order valence-electron chi connectivity index (χ3n) is 4.38. The first kappa shape index (κ1) is 18.0. The molecule has 0 atom stereocenters. The summed E-state index contributed by atoms with van der Waals surface area (Å²) in [5.41, 5.74) is 0.924. The standard InChI is InChI=1S/C19H20FNO5/c1-11-10-25-16(9-17(22)23)18(11)19(24)21-12-6-7-15(14(20)8-12)26-13-4-2-3-5-13/h6-8,10,13H,2-5,9H2,1H3,(H,21,24)(H,22,23). The molecular formula is C19H20FNO5. The highest BCUT2D eigenvalue weighted by atomic mass is 19.1. The number of ether oxygens (including phenoxy) is 1. The molecule has 1 fully saturated rings. The van der Waals surface area contributed by atoms with Crippen LogP contribution in [0.2, 0.25) is 0 Å². The highest BCUT2D eigenvalue weighted by Gasteiger charge is 2.22. The molecule has 26 heavy (non-hydrogen) atoms. The SMILES string of the molecule is Cc1coc(CC(=O)O)c1C(=O)Nc1ccc(OC2CCCC2)c(F)c1. The lowest BCUT2D eigenvalue weighted by Crippen LogP contribution is -2.16. The highest BCUT2D eigenvalue weighted by molar-refractivity contribution is 6.06. The Bertz CT molecular complexity index is 823. The Balaban J connectivity index is 1.72. The zero-order valence-electron chi connectivity index (χ0n) is 14.4. The summed E-state index contributed by atoms with van der Waals surface area (Å²) in [5.74, 6) is -1.97. The van der Waals surface area contributed by atoms with Gasteiger partial charge < -0.3 is 19.6 Å². The van der Waals surface area contributed by atoms with Gasteiger partial charge in [0.1, 0.15) is 12.2 Å². The van der Waals surface area contributed by atoms with E-state index in [0.717, 1.165) is 25.7 Å². The van der Waals surface area contributed by atoms with Gasteiger partial charge in [-0.2, -0.15) is 0 Å². The van der Waals surface area contributed by atoms with Crippen molar-refractivity contribution in [2.45, 2.75) is 45.1 Å². The van der Waals surface area contributed by atoms with Crippen LogP contribution in [0.15, 0.2) is 28.9 Å². The maximum Gasteiger partial charge on any atom is 0.311 e. The van der Waals surface area contributed by atoms with Crippen molar-refractivity contribution >= 4 is 17.6 Å². The van der Waals surface area contributed by atoms with Crippen LogP contribution >= 0.6 is 0 Å². The molecule has 0 unspecified atom stereocenters. The smallest absolute Gasteiger partial charge is 0.311 e. The molecule has 1 heterocycles. The Morgan fingerprint density at radius 3 is 2.73 bits per heavy atom. The second-order valence-electron chi connectivity index (χ2n) is 6.41. The minimum absolute atomic E-state index is 0.0390. The van der Waals surface area contributed by atoms with Crippen LogP contribution in [-0.2, 0) is 11.2 Å². The van der Waals surface area contributed by atoms with Crippen molar-refractivity contribution in [3.63, 3.8) is 0 Å². The minimum atomic E-state index is -1.10. The van der Waals surface area contributed by atoms with Gasteiger partial charge in [-0.25, -0.2) is 4.39 Å². The predicted octanol–water partition coefficient (Wildman–Crippen LogP) is 3.93. The van der Waals surface area contributed by atoms with E-state index >= 15 is 0 Å². The zero-order chi connectivity index (χ0) is 18.7. The molecule has 1 saturated carbocycles. The van der Waals surface area contributed by atoms with Gasteiger partial charge in [0, 0.05) is 17.3 Å². The third kappa shape index (κ3) is 4.04. The summed E-state index contributed by atoms with van der Waals surface area (Å²) in [5, 5.41) is 11.5. The van der Waals surface area contributed by atoms with Crippen molar-refractivity contribution in [1.29, 1.82) is 0 Å². The quantitative estimate of drug-likeness (QED) is 0.814. The molecular weight excluding hydrogens is 341 g/mol. The number of aryl methyl sites for hydroxylation is 1. The van der Waals surface area contributed by atoms with Crippen molar-refractivity contribution in [3.8, 4) is 5.75 Å². The molecule has 1 amide bonds. The Labute approximate surface area is 150 Å². The Morgan fingerprint density at radius 2 is 2.08 bits per heavy atom. The van der Waals surface area contributed by atoms with Crippen LogP contribution in [-0.4, -0.2) is 23.1 Å². The van der Waals surface area contributed by atoms with Crippen molar-refractivity contribution in [2.24, 2.45) is 0 Å². The Morgan fingerprint density at radius 1 is 1.35 bits per heavy atom. The number of carbonyl (C=O) groups is 2. The van der Waals surface area contributed by atoms with Gasteiger partial charge in [0.05, 0.1) is 17.9 Å². The fourth-order valence-electron chi connectivity index (χ4n) is 3.12. The maximum absolute atomic E-state index is 14.3. The number of aliphatic carboxylic acids is 1. The predicted molar refractivity (Wildman–Crippen MR) is 92.0 cm³/mol. The number of rotatable bonds is 6. The summed E-state index contributed by atoms with van der Waals surface area (Å²) in [7, 11) is 0. The van der Waals surface area contributed by atoms with Crippen LogP contribution in [0.5, 0.6) is 5.75 Å². The molecule has 6 nitrogen and oxygen atoms in total. The molecule has 1 aromatic carbocycles. The van der Waals surface area contributed by atoms with Gasteiger partial charge in [-0.1, -0.05) is 0 Å². The number of amides is 1. The van der Waals surface area contributed by atoms with Gasteiger partial charge in [-0.05, 0) is 44.7 Å². The molecule has 0 spiro atoms. The van der Waals surface area contributed by atoms with Gasteiger partial charge in [0.2, 0.25) is 0 Å². The van der Waals surface area contributed by atoms with Crippen LogP contribution in [0.4, 0.5) is 10.1 Å². The first-order valence-corrected chi connectivity index (χ1v) is 8.50. The number of furan rings is 1. The van der Waals surface area contributed by atoms with Gasteiger partial charge >= 0.3 is 5.97 Å². The van der Waals surface area contributed by atoms with E-state index in [2.05, 4.69) is 5.32 Å². The lowest BCUT2D eigenvalue weighted by atomic mass is 10.1. The molecule has 2 N–H and O–H groups in total. The fourth-order valence-corrected chi connectivity index (χ4v) is 3.12. The minimum Gasteiger partial charge on any atom is -0.487 e. The van der Waals surface area contributed by atoms with E-state index in [1.165, 1.54) is 18.4 Å². The van der Waals surface area contributed by atoms with Gasteiger partial charge in [-0.15, -0.1) is 0 Å². The van der Waals surface area contributed by atoms with Crippen LogP contribution in [0.25, 0.3) is 0 Å². The van der Waals surface area contributed by atoms with Crippen LogP contribution in [0, 0.1) is 12.7 Å². The first-order chi connectivity index (χ1) is 12.4. The fraction of sp³-hybridized carbons (Fsp3) is 0.368. The van der Waals surface area contributed by atoms with E-state index < -0.39 is 24.1 Å².